The van der Waals surface area contributed by atoms with E-state index in [1.807, 2.05) is 73.4 Å². The SMILES string of the molecule is Cc1ccc(C)c(OCCC(=O)NCCc2cnn(-c3ccccc3)c2)c1. The van der Waals surface area contributed by atoms with E-state index in [2.05, 4.69) is 16.5 Å². The number of nitrogens with zero attached hydrogens (tertiary/aromatic N) is 2. The van der Waals surface area contributed by atoms with Gasteiger partial charge in [0, 0.05) is 12.7 Å². The summed E-state index contributed by atoms with van der Waals surface area (Å²) < 4.78 is 7.57. The van der Waals surface area contributed by atoms with Gasteiger partial charge in [-0.2, -0.15) is 5.10 Å². The lowest BCUT2D eigenvalue weighted by Crippen LogP contribution is -2.27. The fourth-order valence-corrected chi connectivity index (χ4v) is 2.76. The highest BCUT2D eigenvalue weighted by Crippen LogP contribution is 2.19. The Morgan fingerprint density at radius 1 is 1.15 bits per heavy atom. The van der Waals surface area contributed by atoms with Crippen molar-refractivity contribution in [2.45, 2.75) is 26.7 Å². The summed E-state index contributed by atoms with van der Waals surface area (Å²) in [4.78, 5) is 12.0. The summed E-state index contributed by atoms with van der Waals surface area (Å²) in [6.45, 7) is 4.99. The molecule has 0 saturated carbocycles. The summed E-state index contributed by atoms with van der Waals surface area (Å²) in [7, 11) is 0. The van der Waals surface area contributed by atoms with Crippen LogP contribution < -0.4 is 10.1 Å². The average molecular weight is 363 g/mol. The van der Waals surface area contributed by atoms with Gasteiger partial charge in [0.05, 0.1) is 24.9 Å². The number of amides is 1. The number of nitrogens with one attached hydrogen (secondary N) is 1. The zero-order valence-corrected chi connectivity index (χ0v) is 15.8. The van der Waals surface area contributed by atoms with Crippen molar-refractivity contribution >= 4 is 5.91 Å². The van der Waals surface area contributed by atoms with E-state index >= 15 is 0 Å². The summed E-state index contributed by atoms with van der Waals surface area (Å²) >= 11 is 0. The molecule has 0 atom stereocenters. The molecule has 0 aliphatic carbocycles. The number of carbonyl (C=O) groups excluding carboxylic acids is 1. The number of rotatable bonds is 8. The second kappa shape index (κ2) is 9.03. The third kappa shape index (κ3) is 5.45. The van der Waals surface area contributed by atoms with Gasteiger partial charge in [-0.15, -0.1) is 0 Å². The number of hydrogen-bond acceptors (Lipinski definition) is 3. The van der Waals surface area contributed by atoms with E-state index in [1.54, 1.807) is 0 Å². The molecule has 0 radical (unpaired) electrons. The minimum Gasteiger partial charge on any atom is -0.493 e. The van der Waals surface area contributed by atoms with Crippen molar-refractivity contribution in [2.75, 3.05) is 13.2 Å². The van der Waals surface area contributed by atoms with Crippen LogP contribution in [0.25, 0.3) is 5.69 Å². The van der Waals surface area contributed by atoms with Gasteiger partial charge in [-0.3, -0.25) is 4.79 Å². The summed E-state index contributed by atoms with van der Waals surface area (Å²) in [5.74, 6) is 0.840. The topological polar surface area (TPSA) is 56.1 Å². The number of aromatic nitrogens is 2. The molecule has 0 bridgehead atoms. The van der Waals surface area contributed by atoms with Crippen molar-refractivity contribution in [2.24, 2.45) is 0 Å². The van der Waals surface area contributed by atoms with Crippen LogP contribution in [0.5, 0.6) is 5.75 Å². The van der Waals surface area contributed by atoms with Crippen LogP contribution in [0.3, 0.4) is 0 Å². The molecule has 2 aromatic carbocycles. The van der Waals surface area contributed by atoms with Crippen molar-refractivity contribution in [1.82, 2.24) is 15.1 Å². The molecule has 5 nitrogen and oxygen atoms in total. The van der Waals surface area contributed by atoms with Crippen LogP contribution in [0.2, 0.25) is 0 Å². The molecule has 1 heterocycles. The Hall–Kier alpha value is -3.08. The highest BCUT2D eigenvalue weighted by molar-refractivity contribution is 5.76. The lowest BCUT2D eigenvalue weighted by Gasteiger charge is -2.10. The van der Waals surface area contributed by atoms with E-state index < -0.39 is 0 Å². The van der Waals surface area contributed by atoms with Crippen molar-refractivity contribution in [1.29, 1.82) is 0 Å². The Balaban J connectivity index is 1.38. The maximum atomic E-state index is 12.0. The van der Waals surface area contributed by atoms with Crippen LogP contribution in [0, 0.1) is 13.8 Å². The van der Waals surface area contributed by atoms with Gasteiger partial charge in [0.1, 0.15) is 5.75 Å². The Morgan fingerprint density at radius 3 is 2.78 bits per heavy atom. The number of carbonyl (C=O) groups is 1. The van der Waals surface area contributed by atoms with Gasteiger partial charge in [0.25, 0.3) is 0 Å². The summed E-state index contributed by atoms with van der Waals surface area (Å²) in [6, 6.07) is 16.0. The second-order valence-corrected chi connectivity index (χ2v) is 6.60. The first kappa shape index (κ1) is 18.7. The van der Waals surface area contributed by atoms with Crippen LogP contribution in [-0.2, 0) is 11.2 Å². The maximum absolute atomic E-state index is 12.0. The van der Waals surface area contributed by atoms with Crippen LogP contribution in [0.4, 0.5) is 0 Å². The van der Waals surface area contributed by atoms with Gasteiger partial charge >= 0.3 is 0 Å². The van der Waals surface area contributed by atoms with Gasteiger partial charge in [0.15, 0.2) is 0 Å². The molecule has 0 aliphatic heterocycles. The molecule has 0 fully saturated rings. The molecule has 0 aliphatic rings. The monoisotopic (exact) mass is 363 g/mol. The third-order valence-corrected chi connectivity index (χ3v) is 4.32. The van der Waals surface area contributed by atoms with Crippen molar-refractivity contribution in [3.05, 3.63) is 77.6 Å². The molecule has 27 heavy (non-hydrogen) atoms. The van der Waals surface area contributed by atoms with E-state index in [0.717, 1.165) is 34.5 Å². The Kier molecular flexibility index (Phi) is 6.26. The molecule has 5 heteroatoms. The Labute approximate surface area is 160 Å². The molecule has 1 N–H and O–H groups in total. The minimum atomic E-state index is -0.00393. The standard InChI is InChI=1S/C22H25N3O2/c1-17-8-9-18(2)21(14-17)27-13-11-22(26)23-12-10-19-15-24-25(16-19)20-6-4-3-5-7-20/h3-9,14-16H,10-13H2,1-2H3,(H,23,26). The normalized spacial score (nSPS) is 10.6. The van der Waals surface area contributed by atoms with E-state index in [-0.39, 0.29) is 5.91 Å². The lowest BCUT2D eigenvalue weighted by molar-refractivity contribution is -0.121. The van der Waals surface area contributed by atoms with Crippen molar-refractivity contribution in [3.8, 4) is 11.4 Å². The fourth-order valence-electron chi connectivity index (χ4n) is 2.76. The first-order valence-electron chi connectivity index (χ1n) is 9.17. The predicted octanol–water partition coefficient (Wildman–Crippen LogP) is 3.62. The van der Waals surface area contributed by atoms with Gasteiger partial charge in [-0.25, -0.2) is 4.68 Å². The van der Waals surface area contributed by atoms with Gasteiger partial charge in [0.2, 0.25) is 5.91 Å². The van der Waals surface area contributed by atoms with E-state index in [9.17, 15) is 4.79 Å². The van der Waals surface area contributed by atoms with Crippen molar-refractivity contribution < 1.29 is 9.53 Å². The number of ether oxygens (including phenoxy) is 1. The van der Waals surface area contributed by atoms with Gasteiger partial charge in [-0.1, -0.05) is 30.3 Å². The molecular weight excluding hydrogens is 338 g/mol. The average Bonchev–Trinajstić information content (AvgIpc) is 3.14. The first-order valence-corrected chi connectivity index (χ1v) is 9.17. The molecule has 1 amide bonds. The van der Waals surface area contributed by atoms with E-state index in [4.69, 9.17) is 4.74 Å². The van der Waals surface area contributed by atoms with E-state index in [0.29, 0.717) is 19.6 Å². The highest BCUT2D eigenvalue weighted by Gasteiger charge is 2.05. The predicted molar refractivity (Wildman–Crippen MR) is 106 cm³/mol. The number of benzene rings is 2. The van der Waals surface area contributed by atoms with Crippen LogP contribution in [-0.4, -0.2) is 28.8 Å². The molecular formula is C22H25N3O2. The lowest BCUT2D eigenvalue weighted by atomic mass is 10.1. The molecule has 0 saturated heterocycles. The van der Waals surface area contributed by atoms with Crippen molar-refractivity contribution in [3.63, 3.8) is 0 Å². The Morgan fingerprint density at radius 2 is 1.96 bits per heavy atom. The smallest absolute Gasteiger partial charge is 0.223 e. The molecule has 3 rings (SSSR count). The number of hydrogen-bond donors (Lipinski definition) is 1. The summed E-state index contributed by atoms with van der Waals surface area (Å²) in [5.41, 5.74) is 4.34. The number of para-hydroxylation sites is 1. The van der Waals surface area contributed by atoms with Crippen LogP contribution in [0.15, 0.2) is 60.9 Å². The summed E-state index contributed by atoms with van der Waals surface area (Å²) in [5, 5.41) is 7.30. The molecule has 1 aromatic heterocycles. The Bertz CT molecular complexity index is 888. The molecule has 3 aromatic rings. The minimum absolute atomic E-state index is 0.00393. The van der Waals surface area contributed by atoms with Crippen LogP contribution in [0.1, 0.15) is 23.1 Å². The number of aryl methyl sites for hydroxylation is 2. The molecule has 0 unspecified atom stereocenters. The van der Waals surface area contributed by atoms with Gasteiger partial charge in [-0.05, 0) is 55.2 Å². The fraction of sp³-hybridized carbons (Fsp3) is 0.273. The van der Waals surface area contributed by atoms with E-state index in [1.165, 1.54) is 0 Å². The van der Waals surface area contributed by atoms with Gasteiger partial charge < -0.3 is 10.1 Å². The highest BCUT2D eigenvalue weighted by atomic mass is 16.5. The third-order valence-electron chi connectivity index (χ3n) is 4.32. The van der Waals surface area contributed by atoms with Crippen LogP contribution >= 0.6 is 0 Å². The molecule has 0 spiro atoms. The quantitative estimate of drug-likeness (QED) is 0.665. The second-order valence-electron chi connectivity index (χ2n) is 6.60. The largest absolute Gasteiger partial charge is 0.493 e. The molecule has 140 valence electrons. The summed E-state index contributed by atoms with van der Waals surface area (Å²) in [6.07, 6.45) is 4.92. The zero-order chi connectivity index (χ0) is 19.1. The maximum Gasteiger partial charge on any atom is 0.223 e. The first-order chi connectivity index (χ1) is 13.1. The zero-order valence-electron chi connectivity index (χ0n) is 15.8.